The van der Waals surface area contributed by atoms with Crippen molar-refractivity contribution in [1.29, 1.82) is 0 Å². The summed E-state index contributed by atoms with van der Waals surface area (Å²) in [5.74, 6) is 0.922. The first-order chi connectivity index (χ1) is 17.3. The van der Waals surface area contributed by atoms with E-state index in [-0.39, 0.29) is 23.4 Å². The minimum Gasteiger partial charge on any atom is -0.333 e. The van der Waals surface area contributed by atoms with Gasteiger partial charge < -0.3 is 4.90 Å². The van der Waals surface area contributed by atoms with Crippen molar-refractivity contribution in [2.75, 3.05) is 6.54 Å². The molecule has 5 nitrogen and oxygen atoms in total. The standard InChI is InChI=1S/C31H35N3O2/c1-21(2)20-33(29(35)18-17-25-11-7-6-8-12-25)24(5)30-32-27-14-10-9-13-26(27)31(36)34(30)28-19-22(3)15-16-23(28)4/h6-16,19,21,24H,17-18,20H2,1-5H3. The van der Waals surface area contributed by atoms with Crippen LogP contribution in [-0.2, 0) is 11.2 Å². The maximum Gasteiger partial charge on any atom is 0.266 e. The fraction of sp³-hybridized carbons (Fsp3) is 0.323. The van der Waals surface area contributed by atoms with Crippen LogP contribution in [0.5, 0.6) is 0 Å². The Bertz CT molecular complexity index is 1420. The molecule has 1 unspecified atom stereocenters. The molecule has 0 radical (unpaired) electrons. The molecule has 1 amide bonds. The van der Waals surface area contributed by atoms with Gasteiger partial charge in [-0.25, -0.2) is 4.98 Å². The van der Waals surface area contributed by atoms with E-state index in [0.717, 1.165) is 22.4 Å². The van der Waals surface area contributed by atoms with Gasteiger partial charge in [-0.3, -0.25) is 14.2 Å². The maximum atomic E-state index is 13.9. The molecule has 5 heteroatoms. The van der Waals surface area contributed by atoms with Gasteiger partial charge in [-0.15, -0.1) is 0 Å². The summed E-state index contributed by atoms with van der Waals surface area (Å²) in [6.45, 7) is 10.8. The normalized spacial score (nSPS) is 12.2. The average Bonchev–Trinajstić information content (AvgIpc) is 2.87. The van der Waals surface area contributed by atoms with E-state index in [4.69, 9.17) is 4.98 Å². The molecule has 0 spiro atoms. The fourth-order valence-electron chi connectivity index (χ4n) is 4.67. The van der Waals surface area contributed by atoms with Gasteiger partial charge in [0.15, 0.2) is 0 Å². The Morgan fingerprint density at radius 2 is 1.64 bits per heavy atom. The summed E-state index contributed by atoms with van der Waals surface area (Å²) < 4.78 is 1.72. The maximum absolute atomic E-state index is 13.9. The minimum atomic E-state index is -0.382. The molecule has 0 aliphatic carbocycles. The van der Waals surface area contributed by atoms with Crippen LogP contribution in [0, 0.1) is 19.8 Å². The number of carbonyl (C=O) groups excluding carboxylic acids is 1. The number of para-hydroxylation sites is 1. The third-order valence-electron chi connectivity index (χ3n) is 6.60. The second-order valence-electron chi connectivity index (χ2n) is 10.0. The van der Waals surface area contributed by atoms with E-state index >= 15 is 0 Å². The lowest BCUT2D eigenvalue weighted by Crippen LogP contribution is -2.39. The van der Waals surface area contributed by atoms with E-state index in [1.807, 2.05) is 98.5 Å². The van der Waals surface area contributed by atoms with Crippen LogP contribution >= 0.6 is 0 Å². The van der Waals surface area contributed by atoms with Gasteiger partial charge in [-0.05, 0) is 68.0 Å². The van der Waals surface area contributed by atoms with Crippen LogP contribution < -0.4 is 5.56 Å². The number of carbonyl (C=O) groups is 1. The second kappa shape index (κ2) is 10.9. The van der Waals surface area contributed by atoms with Crippen LogP contribution in [0.25, 0.3) is 16.6 Å². The summed E-state index contributed by atoms with van der Waals surface area (Å²) in [5.41, 5.74) is 4.52. The number of fused-ring (bicyclic) bond motifs is 1. The molecule has 186 valence electrons. The number of aryl methyl sites for hydroxylation is 3. The van der Waals surface area contributed by atoms with Gasteiger partial charge in [0.1, 0.15) is 5.82 Å². The lowest BCUT2D eigenvalue weighted by atomic mass is 10.1. The summed E-state index contributed by atoms with van der Waals surface area (Å²) in [7, 11) is 0. The highest BCUT2D eigenvalue weighted by Gasteiger charge is 2.27. The molecule has 3 aromatic carbocycles. The van der Waals surface area contributed by atoms with E-state index in [2.05, 4.69) is 13.8 Å². The highest BCUT2D eigenvalue weighted by molar-refractivity contribution is 5.79. The Kier molecular flexibility index (Phi) is 7.68. The summed E-state index contributed by atoms with van der Waals surface area (Å²) >= 11 is 0. The molecule has 0 saturated carbocycles. The monoisotopic (exact) mass is 481 g/mol. The van der Waals surface area contributed by atoms with Gasteiger partial charge >= 0.3 is 0 Å². The molecule has 4 aromatic rings. The molecule has 36 heavy (non-hydrogen) atoms. The van der Waals surface area contributed by atoms with E-state index in [1.165, 1.54) is 0 Å². The number of hydrogen-bond acceptors (Lipinski definition) is 3. The van der Waals surface area contributed by atoms with Gasteiger partial charge in [0.25, 0.3) is 5.56 Å². The lowest BCUT2D eigenvalue weighted by molar-refractivity contribution is -0.134. The quantitative estimate of drug-likeness (QED) is 0.302. The minimum absolute atomic E-state index is 0.0648. The average molecular weight is 482 g/mol. The number of rotatable bonds is 8. The highest BCUT2D eigenvalue weighted by atomic mass is 16.2. The smallest absolute Gasteiger partial charge is 0.266 e. The van der Waals surface area contributed by atoms with E-state index in [0.29, 0.717) is 36.1 Å². The molecule has 1 aromatic heterocycles. The van der Waals surface area contributed by atoms with Crippen LogP contribution in [0.4, 0.5) is 0 Å². The van der Waals surface area contributed by atoms with E-state index in [1.54, 1.807) is 4.57 Å². The second-order valence-corrected chi connectivity index (χ2v) is 10.0. The molecule has 0 aliphatic rings. The van der Waals surface area contributed by atoms with Crippen molar-refractivity contribution >= 4 is 16.8 Å². The van der Waals surface area contributed by atoms with Gasteiger partial charge in [-0.1, -0.05) is 68.4 Å². The van der Waals surface area contributed by atoms with Crippen LogP contribution in [0.15, 0.2) is 77.6 Å². The highest BCUT2D eigenvalue weighted by Crippen LogP contribution is 2.26. The summed E-state index contributed by atoms with van der Waals surface area (Å²) in [4.78, 5) is 34.3. The van der Waals surface area contributed by atoms with Crippen LogP contribution in [-0.4, -0.2) is 26.9 Å². The number of amides is 1. The van der Waals surface area contributed by atoms with Crippen molar-refractivity contribution in [1.82, 2.24) is 14.5 Å². The van der Waals surface area contributed by atoms with Crippen LogP contribution in [0.1, 0.15) is 55.7 Å². The SMILES string of the molecule is Cc1ccc(C)c(-n2c(C(C)N(CC(C)C)C(=O)CCc3ccccc3)nc3ccccc3c2=O)c1. The molecule has 1 atom stereocenters. The molecule has 0 N–H and O–H groups in total. The third-order valence-corrected chi connectivity index (χ3v) is 6.60. The zero-order valence-electron chi connectivity index (χ0n) is 21.9. The van der Waals surface area contributed by atoms with Gasteiger partial charge in [0.05, 0.1) is 22.6 Å². The van der Waals surface area contributed by atoms with Crippen LogP contribution in [0.3, 0.4) is 0 Å². The number of benzene rings is 3. The molecule has 4 rings (SSSR count). The van der Waals surface area contributed by atoms with Gasteiger partial charge in [-0.2, -0.15) is 0 Å². The third kappa shape index (κ3) is 5.40. The Morgan fingerprint density at radius 1 is 0.944 bits per heavy atom. The van der Waals surface area contributed by atoms with Gasteiger partial charge in [0, 0.05) is 13.0 Å². The Balaban J connectivity index is 1.82. The van der Waals surface area contributed by atoms with Crippen molar-refractivity contribution in [3.05, 3.63) is 106 Å². The Hall–Kier alpha value is -3.73. The summed E-state index contributed by atoms with van der Waals surface area (Å²) in [6, 6.07) is 23.2. The van der Waals surface area contributed by atoms with Crippen molar-refractivity contribution in [3.8, 4) is 5.69 Å². The van der Waals surface area contributed by atoms with E-state index < -0.39 is 0 Å². The Morgan fingerprint density at radius 3 is 2.36 bits per heavy atom. The number of hydrogen-bond donors (Lipinski definition) is 0. The molecular formula is C31H35N3O2. The summed E-state index contributed by atoms with van der Waals surface area (Å²) in [5, 5.41) is 0.570. The van der Waals surface area contributed by atoms with E-state index in [9.17, 15) is 9.59 Å². The topological polar surface area (TPSA) is 55.2 Å². The fourth-order valence-corrected chi connectivity index (χ4v) is 4.67. The lowest BCUT2D eigenvalue weighted by Gasteiger charge is -2.32. The zero-order valence-corrected chi connectivity index (χ0v) is 21.9. The number of aromatic nitrogens is 2. The van der Waals surface area contributed by atoms with Gasteiger partial charge in [0.2, 0.25) is 5.91 Å². The largest absolute Gasteiger partial charge is 0.333 e. The first-order valence-corrected chi connectivity index (χ1v) is 12.7. The molecule has 0 bridgehead atoms. The number of nitrogens with zero attached hydrogens (tertiary/aromatic N) is 3. The first-order valence-electron chi connectivity index (χ1n) is 12.7. The van der Waals surface area contributed by atoms with Crippen molar-refractivity contribution in [2.45, 2.75) is 53.5 Å². The molecular weight excluding hydrogens is 446 g/mol. The Labute approximate surface area is 213 Å². The first kappa shape index (κ1) is 25.4. The predicted molar refractivity (Wildman–Crippen MR) is 147 cm³/mol. The predicted octanol–water partition coefficient (Wildman–Crippen LogP) is 6.18. The molecule has 1 heterocycles. The zero-order chi connectivity index (χ0) is 25.8. The van der Waals surface area contributed by atoms with Crippen molar-refractivity contribution in [3.63, 3.8) is 0 Å². The van der Waals surface area contributed by atoms with Crippen LogP contribution in [0.2, 0.25) is 0 Å². The van der Waals surface area contributed by atoms with Crippen molar-refractivity contribution < 1.29 is 4.79 Å². The molecule has 0 aliphatic heterocycles. The summed E-state index contributed by atoms with van der Waals surface area (Å²) in [6.07, 6.45) is 1.08. The van der Waals surface area contributed by atoms with Crippen molar-refractivity contribution in [2.24, 2.45) is 5.92 Å². The molecule has 0 saturated heterocycles. The molecule has 0 fully saturated rings.